The highest BCUT2D eigenvalue weighted by molar-refractivity contribution is 9.10. The van der Waals surface area contributed by atoms with Gasteiger partial charge in [-0.1, -0.05) is 39.4 Å². The number of carbonyl (C=O) groups is 1. The van der Waals surface area contributed by atoms with E-state index in [1.54, 1.807) is 0 Å². The summed E-state index contributed by atoms with van der Waals surface area (Å²) in [7, 11) is 0. The maximum atomic E-state index is 13.2. The summed E-state index contributed by atoms with van der Waals surface area (Å²) in [5, 5.41) is 1.65. The first-order chi connectivity index (χ1) is 15.1. The number of halogens is 1. The van der Waals surface area contributed by atoms with E-state index < -0.39 is 0 Å². The zero-order chi connectivity index (χ0) is 21.1. The van der Waals surface area contributed by atoms with E-state index in [4.69, 9.17) is 0 Å². The lowest BCUT2D eigenvalue weighted by atomic mass is 9.75. The highest BCUT2D eigenvalue weighted by Gasteiger charge is 2.55. The third kappa shape index (κ3) is 3.46. The molecule has 164 valence electrons. The lowest BCUT2D eigenvalue weighted by Crippen LogP contribution is -2.39. The number of likely N-dealkylation sites (tertiary alicyclic amines) is 1. The number of thioether (sulfide) groups is 1. The van der Waals surface area contributed by atoms with Crippen molar-refractivity contribution in [2.24, 2.45) is 17.8 Å². The van der Waals surface area contributed by atoms with Crippen molar-refractivity contribution in [3.05, 3.63) is 48.8 Å². The van der Waals surface area contributed by atoms with Crippen molar-refractivity contribution in [2.45, 2.75) is 61.3 Å². The lowest BCUT2D eigenvalue weighted by molar-refractivity contribution is -0.132. The molecule has 3 fully saturated rings. The van der Waals surface area contributed by atoms with Crippen LogP contribution in [-0.2, 0) is 11.3 Å². The van der Waals surface area contributed by atoms with Gasteiger partial charge < -0.3 is 4.90 Å². The van der Waals surface area contributed by atoms with Crippen LogP contribution in [-0.4, -0.2) is 33.7 Å². The smallest absolute Gasteiger partial charge is 0.308 e. The molecule has 4 nitrogen and oxygen atoms in total. The van der Waals surface area contributed by atoms with E-state index in [2.05, 4.69) is 40.2 Å². The first-order valence-corrected chi connectivity index (χ1v) is 14.0. The first kappa shape index (κ1) is 20.5. The van der Waals surface area contributed by atoms with Crippen LogP contribution >= 0.6 is 39.0 Å². The molecule has 1 saturated heterocycles. The molecule has 1 aromatic carbocycles. The van der Waals surface area contributed by atoms with E-state index in [-0.39, 0.29) is 23.2 Å². The molecule has 6 rings (SSSR count). The van der Waals surface area contributed by atoms with Gasteiger partial charge in [0.15, 0.2) is 0 Å². The Morgan fingerprint density at radius 1 is 1.13 bits per heavy atom. The molecule has 5 atom stereocenters. The molecule has 0 radical (unpaired) electrons. The minimum Gasteiger partial charge on any atom is -0.341 e. The Labute approximate surface area is 199 Å². The number of carbonyl (C=O) groups excluding carboxylic acids is 1. The van der Waals surface area contributed by atoms with Crippen LogP contribution in [0.1, 0.15) is 54.9 Å². The van der Waals surface area contributed by atoms with E-state index in [0.29, 0.717) is 11.2 Å². The number of amides is 1. The van der Waals surface area contributed by atoms with E-state index in [9.17, 15) is 9.59 Å². The Balaban J connectivity index is 1.41. The van der Waals surface area contributed by atoms with Gasteiger partial charge in [-0.15, -0.1) is 11.8 Å². The predicted molar refractivity (Wildman–Crippen MR) is 129 cm³/mol. The molecule has 0 N–H and O–H groups in total. The minimum absolute atomic E-state index is 0.0372. The van der Waals surface area contributed by atoms with Gasteiger partial charge >= 0.3 is 4.87 Å². The van der Waals surface area contributed by atoms with Gasteiger partial charge in [-0.05, 0) is 74.0 Å². The number of thiazole rings is 1. The van der Waals surface area contributed by atoms with Gasteiger partial charge in [0, 0.05) is 33.6 Å². The van der Waals surface area contributed by atoms with Crippen molar-refractivity contribution < 1.29 is 4.79 Å². The molecule has 0 unspecified atom stereocenters. The normalized spacial score (nSPS) is 31.5. The highest BCUT2D eigenvalue weighted by atomic mass is 79.9. The van der Waals surface area contributed by atoms with Gasteiger partial charge in [-0.2, -0.15) is 0 Å². The summed E-state index contributed by atoms with van der Waals surface area (Å²) in [4.78, 5) is 29.4. The lowest BCUT2D eigenvalue weighted by Gasteiger charge is -2.40. The van der Waals surface area contributed by atoms with Crippen molar-refractivity contribution in [3.63, 3.8) is 0 Å². The summed E-state index contributed by atoms with van der Waals surface area (Å²) in [6.45, 7) is 1.87. The standard InChI is InChI=1S/C24H27BrN2O2S2/c25-17-6-4-5-14(12-17)20-19-15-7-8-16(11-15)21(19)30-23-22(20)31-24(29)27(23)13-18(28)26-9-2-1-3-10-26/h4-6,12,15-16,19-21H,1-3,7-11,13H2/t15-,16-,19-,20-,21+/m0/s1. The van der Waals surface area contributed by atoms with E-state index >= 15 is 0 Å². The van der Waals surface area contributed by atoms with Gasteiger partial charge in [0.2, 0.25) is 5.91 Å². The maximum absolute atomic E-state index is 13.2. The summed E-state index contributed by atoms with van der Waals surface area (Å²) < 4.78 is 2.91. The van der Waals surface area contributed by atoms with Crippen LogP contribution in [0.25, 0.3) is 0 Å². The molecule has 31 heavy (non-hydrogen) atoms. The summed E-state index contributed by atoms with van der Waals surface area (Å²) in [6.07, 6.45) is 7.34. The SMILES string of the molecule is O=C(Cn1c2c(sc1=O)[C@@H](c1cccc(Br)c1)[C@@H]1[C@H]3CC[C@@H](C3)[C@H]1S2)N1CCCCC1. The van der Waals surface area contributed by atoms with Crippen LogP contribution in [0.2, 0.25) is 0 Å². The van der Waals surface area contributed by atoms with E-state index in [0.717, 1.165) is 47.3 Å². The number of nitrogens with zero attached hydrogens (tertiary/aromatic N) is 2. The summed E-state index contributed by atoms with van der Waals surface area (Å²) in [5.41, 5.74) is 1.31. The molecule has 7 heteroatoms. The molecule has 2 aliphatic heterocycles. The number of hydrogen-bond acceptors (Lipinski definition) is 4. The largest absolute Gasteiger partial charge is 0.341 e. The maximum Gasteiger partial charge on any atom is 0.308 e. The molecule has 4 aliphatic rings. The Hall–Kier alpha value is -1.05. The second kappa shape index (κ2) is 8.07. The third-order valence-electron chi connectivity index (χ3n) is 7.90. The Morgan fingerprint density at radius 2 is 1.94 bits per heavy atom. The van der Waals surface area contributed by atoms with Crippen LogP contribution in [0.3, 0.4) is 0 Å². The zero-order valence-corrected chi connectivity index (χ0v) is 20.7. The number of rotatable bonds is 3. The van der Waals surface area contributed by atoms with Crippen molar-refractivity contribution in [2.75, 3.05) is 13.1 Å². The predicted octanol–water partition coefficient (Wildman–Crippen LogP) is 5.34. The fourth-order valence-electron chi connectivity index (χ4n) is 6.54. The first-order valence-electron chi connectivity index (χ1n) is 11.5. The summed E-state index contributed by atoms with van der Waals surface area (Å²) in [6, 6.07) is 8.65. The van der Waals surface area contributed by atoms with Gasteiger partial charge in [0.05, 0.1) is 5.03 Å². The summed E-state index contributed by atoms with van der Waals surface area (Å²) >= 11 is 6.97. The topological polar surface area (TPSA) is 42.3 Å². The Kier molecular flexibility index (Phi) is 5.35. The van der Waals surface area contributed by atoms with Gasteiger partial charge in [-0.25, -0.2) is 0 Å². The molecule has 2 aliphatic carbocycles. The fraction of sp³-hybridized carbons (Fsp3) is 0.583. The number of benzene rings is 1. The Bertz CT molecular complexity index is 1070. The molecule has 1 amide bonds. The van der Waals surface area contributed by atoms with E-state index in [1.165, 1.54) is 47.5 Å². The van der Waals surface area contributed by atoms with Crippen LogP contribution < -0.4 is 4.87 Å². The minimum atomic E-state index is 0.0372. The quantitative estimate of drug-likeness (QED) is 0.550. The fourth-order valence-corrected chi connectivity index (χ4v) is 10.1. The second-order valence-corrected chi connectivity index (χ2v) is 12.7. The number of fused-ring (bicyclic) bond motifs is 6. The molecule has 2 saturated carbocycles. The Morgan fingerprint density at radius 3 is 2.74 bits per heavy atom. The highest BCUT2D eigenvalue weighted by Crippen LogP contribution is 2.64. The summed E-state index contributed by atoms with van der Waals surface area (Å²) in [5.74, 6) is 2.51. The molecule has 2 bridgehead atoms. The average Bonchev–Trinajstić information content (AvgIpc) is 3.47. The number of piperidine rings is 1. The number of hydrogen-bond donors (Lipinski definition) is 0. The van der Waals surface area contributed by atoms with Crippen LogP contribution in [0.4, 0.5) is 0 Å². The zero-order valence-electron chi connectivity index (χ0n) is 17.5. The average molecular weight is 520 g/mol. The van der Waals surface area contributed by atoms with Gasteiger partial charge in [0.1, 0.15) is 6.54 Å². The van der Waals surface area contributed by atoms with Crippen molar-refractivity contribution in [1.29, 1.82) is 0 Å². The second-order valence-electron chi connectivity index (χ2n) is 9.59. The molecule has 1 aromatic heterocycles. The van der Waals surface area contributed by atoms with E-state index in [1.807, 2.05) is 21.2 Å². The number of aromatic nitrogens is 1. The van der Waals surface area contributed by atoms with Crippen molar-refractivity contribution >= 4 is 44.9 Å². The van der Waals surface area contributed by atoms with Gasteiger partial charge in [-0.3, -0.25) is 14.2 Å². The molecule has 2 aromatic rings. The van der Waals surface area contributed by atoms with Crippen LogP contribution in [0.5, 0.6) is 0 Å². The molecular weight excluding hydrogens is 492 g/mol. The van der Waals surface area contributed by atoms with Crippen LogP contribution in [0, 0.1) is 17.8 Å². The molecule has 3 heterocycles. The van der Waals surface area contributed by atoms with Gasteiger partial charge in [0.25, 0.3) is 0 Å². The third-order valence-corrected chi connectivity index (χ3v) is 11.2. The molecule has 0 spiro atoms. The molecular formula is C24H27BrN2O2S2. The van der Waals surface area contributed by atoms with Crippen molar-refractivity contribution in [1.82, 2.24) is 9.47 Å². The van der Waals surface area contributed by atoms with Crippen molar-refractivity contribution in [3.8, 4) is 0 Å². The van der Waals surface area contributed by atoms with Crippen LogP contribution in [0.15, 0.2) is 38.6 Å². The monoisotopic (exact) mass is 518 g/mol.